The number of anilines is 2. The molecule has 0 saturated heterocycles. The molecule has 0 unspecified atom stereocenters. The molecule has 0 radical (unpaired) electrons. The van der Waals surface area contributed by atoms with E-state index in [4.69, 9.17) is 0 Å². The van der Waals surface area contributed by atoms with Gasteiger partial charge < -0.3 is 10.6 Å². The molecule has 0 aromatic heterocycles. The average molecular weight is 1060 g/mol. The van der Waals surface area contributed by atoms with Crippen LogP contribution in [0, 0.1) is 13.8 Å². The van der Waals surface area contributed by atoms with Gasteiger partial charge in [0.15, 0.2) is 11.6 Å². The Hall–Kier alpha value is -6.76. The minimum Gasteiger partial charge on any atom is -0.322 e. The number of hydrogen-bond donors (Lipinski definition) is 4. The van der Waals surface area contributed by atoms with Crippen LogP contribution in [0.15, 0.2) is 131 Å². The molecule has 380 valence electrons. The summed E-state index contributed by atoms with van der Waals surface area (Å²) in [5.74, 6) is -2.87. The van der Waals surface area contributed by atoms with Crippen molar-refractivity contribution in [2.45, 2.75) is 61.8 Å². The van der Waals surface area contributed by atoms with E-state index in [0.717, 1.165) is 14.2 Å². The summed E-state index contributed by atoms with van der Waals surface area (Å²) in [6.45, 7) is 6.84. The number of nitrogens with one attached hydrogen (secondary N) is 2. The number of ketones is 2. The molecule has 0 aliphatic carbocycles. The number of amides is 2. The van der Waals surface area contributed by atoms with Gasteiger partial charge in [0.2, 0.25) is 0 Å². The molecular weight excluding hydrogens is 1010 g/mol. The molecule has 0 heterocycles. The van der Waals surface area contributed by atoms with Gasteiger partial charge >= 0.3 is 0 Å². The number of carbonyl (C=O) groups excluding carboxylic acids is 4. The van der Waals surface area contributed by atoms with Crippen LogP contribution in [0.3, 0.4) is 0 Å². The van der Waals surface area contributed by atoms with Gasteiger partial charge in [0.25, 0.3) is 52.3 Å². The molecule has 0 aliphatic heterocycles. The maximum absolute atomic E-state index is 12.8. The van der Waals surface area contributed by atoms with Gasteiger partial charge in [-0.3, -0.25) is 36.6 Å². The first-order chi connectivity index (χ1) is 33.7. The molecule has 18 nitrogen and oxygen atoms in total. The van der Waals surface area contributed by atoms with Gasteiger partial charge in [-0.15, -0.1) is 0 Å². The average Bonchev–Trinajstić information content (AvgIpc) is 3.33. The summed E-state index contributed by atoms with van der Waals surface area (Å²) in [6.07, 6.45) is 0.619. The molecule has 0 fully saturated rings. The number of hydrogen-bond acceptors (Lipinski definition) is 14. The zero-order chi connectivity index (χ0) is 53.3. The monoisotopic (exact) mass is 1060 g/mol. The quantitative estimate of drug-likeness (QED) is 0.0356. The molecule has 2 amide bonds. The third kappa shape index (κ3) is 14.7. The minimum absolute atomic E-state index is 0.0571. The van der Waals surface area contributed by atoms with Crippen molar-refractivity contribution in [1.29, 1.82) is 0 Å². The SMILES string of the molecule is CCC(=O)c1ccc(C(=O)Nc2ccc(-c3ccc(C)cc3S(=O)(=O)OC)c(CS(=O)(=O)O)c2)cc1.CCC(=O)c1cccc(C(=O)Nc2ccc(-c3ccc(C)cc3S(=O)(=O)OC)c(CS(=O)(=O)O)c2)c1. The summed E-state index contributed by atoms with van der Waals surface area (Å²) in [5.41, 5.74) is 3.99. The highest BCUT2D eigenvalue weighted by molar-refractivity contribution is 7.87. The van der Waals surface area contributed by atoms with Crippen molar-refractivity contribution in [2.24, 2.45) is 0 Å². The second-order valence-electron chi connectivity index (χ2n) is 16.1. The molecular formula is C50H50N2O16S4. The van der Waals surface area contributed by atoms with Crippen LogP contribution in [0.25, 0.3) is 22.3 Å². The molecule has 0 atom stereocenters. The smallest absolute Gasteiger partial charge is 0.297 e. The van der Waals surface area contributed by atoms with Crippen LogP contribution in [-0.4, -0.2) is 80.4 Å². The maximum Gasteiger partial charge on any atom is 0.297 e. The van der Waals surface area contributed by atoms with Crippen LogP contribution >= 0.6 is 0 Å². The number of aryl methyl sites for hydroxylation is 2. The van der Waals surface area contributed by atoms with Crippen LogP contribution in [-0.2, 0) is 60.3 Å². The predicted octanol–water partition coefficient (Wildman–Crippen LogP) is 8.46. The molecule has 6 rings (SSSR count). The van der Waals surface area contributed by atoms with Gasteiger partial charge in [-0.25, -0.2) is 0 Å². The van der Waals surface area contributed by atoms with Crippen molar-refractivity contribution in [3.8, 4) is 22.3 Å². The molecule has 0 aliphatic rings. The van der Waals surface area contributed by atoms with Crippen molar-refractivity contribution in [3.05, 3.63) is 166 Å². The summed E-state index contributed by atoms with van der Waals surface area (Å²) >= 11 is 0. The Morgan fingerprint density at radius 1 is 0.458 bits per heavy atom. The fraction of sp³-hybridized carbons (Fsp3) is 0.200. The first-order valence-electron chi connectivity index (χ1n) is 21.6. The Bertz CT molecular complexity index is 3540. The summed E-state index contributed by atoms with van der Waals surface area (Å²) in [7, 11) is -15.3. The van der Waals surface area contributed by atoms with Crippen molar-refractivity contribution >= 4 is 75.2 Å². The third-order valence-electron chi connectivity index (χ3n) is 10.8. The topological polar surface area (TPSA) is 288 Å². The first kappa shape index (κ1) is 56.2. The Balaban J connectivity index is 0.000000267. The fourth-order valence-electron chi connectivity index (χ4n) is 7.25. The Kier molecular flexibility index (Phi) is 18.1. The largest absolute Gasteiger partial charge is 0.322 e. The van der Waals surface area contributed by atoms with Gasteiger partial charge in [-0.2, -0.15) is 33.7 Å². The van der Waals surface area contributed by atoms with E-state index in [-0.39, 0.29) is 83.7 Å². The van der Waals surface area contributed by atoms with Gasteiger partial charge in [0.05, 0.1) is 14.2 Å². The summed E-state index contributed by atoms with van der Waals surface area (Å²) in [4.78, 5) is 49.0. The maximum atomic E-state index is 12.8. The Labute approximate surface area is 418 Å². The van der Waals surface area contributed by atoms with Crippen molar-refractivity contribution < 1.29 is 70.3 Å². The standard InChI is InChI=1S/2C25H25NO8S2/c1-4-23(27)17-6-8-18(9-7-17)25(28)26-20-10-12-21(19(14-20)15-35(29,30)31)22-11-5-16(2)13-24(22)36(32,33)34-3;1-4-23(27)17-6-5-7-18(13-17)25(28)26-20-9-11-21(19(14-20)15-35(29,30)31)22-10-8-16(2)12-24(22)36(32,33)34-3/h2*5-14H,4,15H2,1-3H3,(H,26,28)(H,29,30,31). The minimum atomic E-state index is -4.52. The highest BCUT2D eigenvalue weighted by Gasteiger charge is 2.25. The highest BCUT2D eigenvalue weighted by Crippen LogP contribution is 2.36. The Morgan fingerprint density at radius 3 is 1.24 bits per heavy atom. The van der Waals surface area contributed by atoms with Crippen LogP contribution in [0.1, 0.15) is 90.4 Å². The molecule has 4 N–H and O–H groups in total. The predicted molar refractivity (Wildman–Crippen MR) is 270 cm³/mol. The number of benzene rings is 6. The van der Waals surface area contributed by atoms with E-state index in [1.165, 1.54) is 84.9 Å². The lowest BCUT2D eigenvalue weighted by atomic mass is 9.98. The lowest BCUT2D eigenvalue weighted by Gasteiger charge is -2.16. The van der Waals surface area contributed by atoms with Gasteiger partial charge in [-0.1, -0.05) is 74.5 Å². The molecule has 6 aromatic rings. The van der Waals surface area contributed by atoms with Crippen LogP contribution in [0.5, 0.6) is 0 Å². The second kappa shape index (κ2) is 23.2. The summed E-state index contributed by atoms with van der Waals surface area (Å²) in [6, 6.07) is 30.0. The van der Waals surface area contributed by atoms with Gasteiger partial charge in [0, 0.05) is 57.6 Å². The van der Waals surface area contributed by atoms with Gasteiger partial charge in [0.1, 0.15) is 21.3 Å². The molecule has 6 aromatic carbocycles. The van der Waals surface area contributed by atoms with Crippen LogP contribution < -0.4 is 10.6 Å². The highest BCUT2D eigenvalue weighted by atomic mass is 32.2. The molecule has 0 saturated carbocycles. The van der Waals surface area contributed by atoms with E-state index in [1.54, 1.807) is 64.1 Å². The van der Waals surface area contributed by atoms with Gasteiger partial charge in [-0.05, 0) is 108 Å². The fourth-order valence-corrected chi connectivity index (χ4v) is 10.4. The lowest BCUT2D eigenvalue weighted by molar-refractivity contribution is 0.0979. The van der Waals surface area contributed by atoms with Crippen molar-refractivity contribution in [2.75, 3.05) is 24.9 Å². The van der Waals surface area contributed by atoms with Crippen molar-refractivity contribution in [1.82, 2.24) is 0 Å². The summed E-state index contributed by atoms with van der Waals surface area (Å²) < 4.78 is 126. The van der Waals surface area contributed by atoms with E-state index < -0.39 is 63.8 Å². The second-order valence-corrected chi connectivity index (χ2v) is 22.3. The van der Waals surface area contributed by atoms with E-state index in [0.29, 0.717) is 28.7 Å². The third-order valence-corrected chi connectivity index (χ3v) is 14.8. The molecule has 22 heteroatoms. The Morgan fingerprint density at radius 2 is 0.833 bits per heavy atom. The zero-order valence-corrected chi connectivity index (χ0v) is 42.9. The number of rotatable bonds is 18. The number of Topliss-reactive ketones (excluding diaryl/α,β-unsaturated/α-hetero) is 2. The van der Waals surface area contributed by atoms with Crippen molar-refractivity contribution in [3.63, 3.8) is 0 Å². The molecule has 0 spiro atoms. The molecule has 0 bridgehead atoms. The van der Waals surface area contributed by atoms with E-state index >= 15 is 0 Å². The van der Waals surface area contributed by atoms with Crippen LogP contribution in [0.2, 0.25) is 0 Å². The lowest BCUT2D eigenvalue weighted by Crippen LogP contribution is -2.14. The van der Waals surface area contributed by atoms with E-state index in [2.05, 4.69) is 19.0 Å². The first-order valence-corrected chi connectivity index (χ1v) is 27.6. The van der Waals surface area contributed by atoms with E-state index in [1.807, 2.05) is 0 Å². The summed E-state index contributed by atoms with van der Waals surface area (Å²) in [5, 5.41) is 5.29. The van der Waals surface area contributed by atoms with Crippen LogP contribution in [0.4, 0.5) is 11.4 Å². The molecule has 72 heavy (non-hydrogen) atoms. The number of carbonyl (C=O) groups is 4. The van der Waals surface area contributed by atoms with E-state index in [9.17, 15) is 62.0 Å². The normalized spacial score (nSPS) is 11.8. The zero-order valence-electron chi connectivity index (χ0n) is 39.6.